The molecule has 2 aromatic rings. The van der Waals surface area contributed by atoms with Crippen LogP contribution in [0.5, 0.6) is 0 Å². The van der Waals surface area contributed by atoms with Gasteiger partial charge in [0.25, 0.3) is 0 Å². The summed E-state index contributed by atoms with van der Waals surface area (Å²) in [5.74, 6) is 1.42. The van der Waals surface area contributed by atoms with E-state index in [2.05, 4.69) is 16.2 Å². The van der Waals surface area contributed by atoms with Gasteiger partial charge in [-0.3, -0.25) is 0 Å². The molecule has 0 N–H and O–H groups in total. The predicted molar refractivity (Wildman–Crippen MR) is 60.6 cm³/mol. The summed E-state index contributed by atoms with van der Waals surface area (Å²) in [6.45, 7) is 3.65. The lowest BCUT2D eigenvalue weighted by atomic mass is 10.2. The number of aromatic nitrogens is 3. The van der Waals surface area contributed by atoms with Crippen LogP contribution in [0.3, 0.4) is 0 Å². The molecule has 0 radical (unpaired) electrons. The Hall–Kier alpha value is -1.86. The van der Waals surface area contributed by atoms with Crippen LogP contribution in [-0.4, -0.2) is 14.8 Å². The van der Waals surface area contributed by atoms with Crippen LogP contribution in [0.4, 0.5) is 0 Å². The van der Waals surface area contributed by atoms with Gasteiger partial charge in [-0.15, -0.1) is 0 Å². The molecule has 16 heavy (non-hydrogen) atoms. The number of benzene rings is 1. The molecule has 1 aromatic heterocycles. The van der Waals surface area contributed by atoms with Crippen LogP contribution in [0, 0.1) is 25.2 Å². The Morgan fingerprint density at radius 2 is 2.12 bits per heavy atom. The number of hydrogen-bond donors (Lipinski definition) is 0. The standard InChI is InChI=1S/C11H9ClN4/c1-7-14-8(2)16(15-7)11-4-3-10(12)5-9(11)6-13/h3-5H,1-2H3. The van der Waals surface area contributed by atoms with Crippen molar-refractivity contribution in [3.8, 4) is 11.8 Å². The molecule has 0 aliphatic carbocycles. The highest BCUT2D eigenvalue weighted by atomic mass is 35.5. The minimum Gasteiger partial charge on any atom is -0.217 e. The minimum absolute atomic E-state index is 0.487. The third-order valence-electron chi connectivity index (χ3n) is 2.18. The maximum absolute atomic E-state index is 9.03. The molecule has 0 amide bonds. The van der Waals surface area contributed by atoms with Crippen molar-refractivity contribution in [3.63, 3.8) is 0 Å². The highest BCUT2D eigenvalue weighted by molar-refractivity contribution is 6.30. The molecule has 80 valence electrons. The van der Waals surface area contributed by atoms with Gasteiger partial charge in [-0.05, 0) is 32.0 Å². The van der Waals surface area contributed by atoms with E-state index < -0.39 is 0 Å². The van der Waals surface area contributed by atoms with Gasteiger partial charge < -0.3 is 0 Å². The Kier molecular flexibility index (Phi) is 2.63. The second-order valence-corrected chi connectivity index (χ2v) is 3.83. The van der Waals surface area contributed by atoms with Crippen LogP contribution in [0.15, 0.2) is 18.2 Å². The van der Waals surface area contributed by atoms with Crippen molar-refractivity contribution in [1.82, 2.24) is 14.8 Å². The lowest BCUT2D eigenvalue weighted by Gasteiger charge is -2.05. The van der Waals surface area contributed by atoms with Crippen molar-refractivity contribution in [2.75, 3.05) is 0 Å². The van der Waals surface area contributed by atoms with E-state index >= 15 is 0 Å². The summed E-state index contributed by atoms with van der Waals surface area (Å²) in [7, 11) is 0. The van der Waals surface area contributed by atoms with Gasteiger partial charge in [0.2, 0.25) is 0 Å². The first-order chi connectivity index (χ1) is 7.61. The molecule has 0 fully saturated rings. The van der Waals surface area contributed by atoms with Gasteiger partial charge in [-0.2, -0.15) is 10.4 Å². The molecule has 0 saturated carbocycles. The van der Waals surface area contributed by atoms with Gasteiger partial charge in [0.1, 0.15) is 17.7 Å². The van der Waals surface area contributed by atoms with Crippen molar-refractivity contribution >= 4 is 11.6 Å². The Labute approximate surface area is 98.1 Å². The maximum atomic E-state index is 9.03. The fraction of sp³-hybridized carbons (Fsp3) is 0.182. The van der Waals surface area contributed by atoms with Crippen LogP contribution >= 0.6 is 11.6 Å². The zero-order valence-corrected chi connectivity index (χ0v) is 9.65. The Bertz CT molecular complexity index is 580. The summed E-state index contributed by atoms with van der Waals surface area (Å²) >= 11 is 5.83. The van der Waals surface area contributed by atoms with Gasteiger partial charge in [0, 0.05) is 5.02 Å². The van der Waals surface area contributed by atoms with Gasteiger partial charge >= 0.3 is 0 Å². The highest BCUT2D eigenvalue weighted by Gasteiger charge is 2.09. The fourth-order valence-corrected chi connectivity index (χ4v) is 1.70. The number of hydrogen-bond acceptors (Lipinski definition) is 3. The van der Waals surface area contributed by atoms with E-state index in [0.29, 0.717) is 22.1 Å². The van der Waals surface area contributed by atoms with E-state index in [9.17, 15) is 0 Å². The molecule has 1 aromatic carbocycles. The van der Waals surface area contributed by atoms with Crippen molar-refractivity contribution in [3.05, 3.63) is 40.4 Å². The van der Waals surface area contributed by atoms with E-state index in [4.69, 9.17) is 16.9 Å². The molecule has 4 nitrogen and oxygen atoms in total. The minimum atomic E-state index is 0.487. The first kappa shape index (κ1) is 10.7. The predicted octanol–water partition coefficient (Wildman–Crippen LogP) is 2.41. The molecule has 0 bridgehead atoms. The summed E-state index contributed by atoms with van der Waals surface area (Å²) in [5, 5.41) is 13.8. The highest BCUT2D eigenvalue weighted by Crippen LogP contribution is 2.19. The van der Waals surface area contributed by atoms with Crippen molar-refractivity contribution in [2.45, 2.75) is 13.8 Å². The zero-order chi connectivity index (χ0) is 11.7. The fourth-order valence-electron chi connectivity index (χ4n) is 1.53. The van der Waals surface area contributed by atoms with Gasteiger partial charge in [0.05, 0.1) is 11.3 Å². The van der Waals surface area contributed by atoms with E-state index in [1.165, 1.54) is 0 Å². The molecule has 0 aliphatic heterocycles. The number of rotatable bonds is 1. The number of aryl methyl sites for hydroxylation is 2. The number of nitrogens with zero attached hydrogens (tertiary/aromatic N) is 4. The monoisotopic (exact) mass is 232 g/mol. The van der Waals surface area contributed by atoms with E-state index in [-0.39, 0.29) is 0 Å². The average Bonchev–Trinajstić information content (AvgIpc) is 2.57. The summed E-state index contributed by atoms with van der Waals surface area (Å²) in [4.78, 5) is 4.19. The first-order valence-electron chi connectivity index (χ1n) is 4.72. The van der Waals surface area contributed by atoms with Gasteiger partial charge in [-0.25, -0.2) is 9.67 Å². The molecular formula is C11H9ClN4. The van der Waals surface area contributed by atoms with Gasteiger partial charge in [0.15, 0.2) is 0 Å². The molecule has 0 aliphatic rings. The van der Waals surface area contributed by atoms with Crippen LogP contribution in [0.1, 0.15) is 17.2 Å². The second kappa shape index (κ2) is 3.95. The maximum Gasteiger partial charge on any atom is 0.148 e. The van der Waals surface area contributed by atoms with Gasteiger partial charge in [-0.1, -0.05) is 11.6 Å². The zero-order valence-electron chi connectivity index (χ0n) is 8.90. The van der Waals surface area contributed by atoms with Crippen LogP contribution in [0.2, 0.25) is 5.02 Å². The summed E-state index contributed by atoms with van der Waals surface area (Å²) in [6.07, 6.45) is 0. The van der Waals surface area contributed by atoms with Crippen LogP contribution in [-0.2, 0) is 0 Å². The lowest BCUT2D eigenvalue weighted by Crippen LogP contribution is -2.02. The van der Waals surface area contributed by atoms with E-state index in [0.717, 1.165) is 5.82 Å². The molecule has 0 unspecified atom stereocenters. The SMILES string of the molecule is Cc1nc(C)n(-c2ccc(Cl)cc2C#N)n1. The average molecular weight is 233 g/mol. The Morgan fingerprint density at radius 1 is 1.38 bits per heavy atom. The Morgan fingerprint density at radius 3 is 2.69 bits per heavy atom. The third-order valence-corrected chi connectivity index (χ3v) is 2.42. The molecule has 5 heteroatoms. The molecule has 0 atom stereocenters. The first-order valence-corrected chi connectivity index (χ1v) is 5.10. The van der Waals surface area contributed by atoms with Crippen molar-refractivity contribution < 1.29 is 0 Å². The van der Waals surface area contributed by atoms with Crippen molar-refractivity contribution in [2.24, 2.45) is 0 Å². The summed E-state index contributed by atoms with van der Waals surface area (Å²) in [5.41, 5.74) is 1.19. The van der Waals surface area contributed by atoms with Crippen LogP contribution < -0.4 is 0 Å². The quantitative estimate of drug-likeness (QED) is 0.759. The van der Waals surface area contributed by atoms with Crippen molar-refractivity contribution in [1.29, 1.82) is 5.26 Å². The smallest absolute Gasteiger partial charge is 0.148 e. The third kappa shape index (κ3) is 1.77. The topological polar surface area (TPSA) is 54.5 Å². The largest absolute Gasteiger partial charge is 0.217 e. The van der Waals surface area contributed by atoms with Crippen LogP contribution in [0.25, 0.3) is 5.69 Å². The molecule has 2 rings (SSSR count). The van der Waals surface area contributed by atoms with E-state index in [1.54, 1.807) is 22.9 Å². The lowest BCUT2D eigenvalue weighted by molar-refractivity contribution is 0.829. The molecule has 0 spiro atoms. The normalized spacial score (nSPS) is 10.1. The summed E-state index contributed by atoms with van der Waals surface area (Å²) < 4.78 is 1.64. The van der Waals surface area contributed by atoms with E-state index in [1.807, 2.05) is 13.8 Å². The Balaban J connectivity index is 2.65. The second-order valence-electron chi connectivity index (χ2n) is 3.39. The molecular weight excluding hydrogens is 224 g/mol. The molecule has 0 saturated heterocycles. The number of halogens is 1. The number of nitriles is 1. The molecule has 1 heterocycles. The summed E-state index contributed by atoms with van der Waals surface area (Å²) in [6, 6.07) is 7.21.